The number of hydrogen-bond acceptors (Lipinski definition) is 6. The Balaban J connectivity index is 1.63. The number of aromatic nitrogens is 1. The predicted octanol–water partition coefficient (Wildman–Crippen LogP) is 2.07. The molecule has 128 valence electrons. The first kappa shape index (κ1) is 16.7. The summed E-state index contributed by atoms with van der Waals surface area (Å²) in [6, 6.07) is 7.65. The molecule has 7 heteroatoms. The van der Waals surface area contributed by atoms with Gasteiger partial charge in [0.25, 0.3) is 0 Å². The van der Waals surface area contributed by atoms with E-state index in [9.17, 15) is 4.79 Å². The Morgan fingerprint density at radius 1 is 1.33 bits per heavy atom. The largest absolute Gasteiger partial charge is 0.497 e. The highest BCUT2D eigenvalue weighted by atomic mass is 32.1. The zero-order chi connectivity index (χ0) is 17.1. The molecule has 1 fully saturated rings. The van der Waals surface area contributed by atoms with Crippen molar-refractivity contribution >= 4 is 28.1 Å². The van der Waals surface area contributed by atoms with Crippen molar-refractivity contribution in [1.29, 1.82) is 0 Å². The van der Waals surface area contributed by atoms with Gasteiger partial charge in [-0.3, -0.25) is 9.69 Å². The minimum absolute atomic E-state index is 0.117. The maximum atomic E-state index is 12.5. The third-order valence-corrected chi connectivity index (χ3v) is 5.12. The fraction of sp³-hybridized carbons (Fsp3) is 0.412. The number of carbonyl (C=O) groups is 1. The van der Waals surface area contributed by atoms with E-state index in [0.717, 1.165) is 29.7 Å². The van der Waals surface area contributed by atoms with Crippen molar-refractivity contribution in [2.24, 2.45) is 0 Å². The molecule has 24 heavy (non-hydrogen) atoms. The first-order chi connectivity index (χ1) is 11.6. The molecule has 0 saturated carbocycles. The quantitative estimate of drug-likeness (QED) is 0.829. The van der Waals surface area contributed by atoms with Crippen LogP contribution in [0.3, 0.4) is 0 Å². The molecule has 1 aromatic carbocycles. The van der Waals surface area contributed by atoms with E-state index < -0.39 is 0 Å². The second-order valence-electron chi connectivity index (χ2n) is 5.96. The average molecular weight is 346 g/mol. The Morgan fingerprint density at radius 2 is 2.17 bits per heavy atom. The highest BCUT2D eigenvalue weighted by molar-refractivity contribution is 7.15. The number of rotatable bonds is 5. The zero-order valence-electron chi connectivity index (χ0n) is 14.2. The molecule has 1 aromatic heterocycles. The van der Waals surface area contributed by atoms with Crippen LogP contribution in [0.25, 0.3) is 0 Å². The van der Waals surface area contributed by atoms with Crippen LogP contribution in [-0.4, -0.2) is 56.6 Å². The number of piperazine rings is 1. The molecule has 0 N–H and O–H groups in total. The third-order valence-electron chi connectivity index (χ3n) is 3.97. The fourth-order valence-corrected chi connectivity index (χ4v) is 3.58. The van der Waals surface area contributed by atoms with Crippen LogP contribution in [0, 0.1) is 0 Å². The molecule has 2 heterocycles. The van der Waals surface area contributed by atoms with Crippen LogP contribution < -0.4 is 14.5 Å². The van der Waals surface area contributed by atoms with Gasteiger partial charge < -0.3 is 14.5 Å². The lowest BCUT2D eigenvalue weighted by atomic mass is 10.2. The molecule has 1 aliphatic heterocycles. The Hall–Kier alpha value is -2.12. The Bertz CT molecular complexity index is 716. The average Bonchev–Trinajstić information content (AvgIpc) is 3.04. The number of methoxy groups -OCH3 is 1. The summed E-state index contributed by atoms with van der Waals surface area (Å²) in [7, 11) is 5.61. The highest BCUT2D eigenvalue weighted by Gasteiger charge is 2.25. The van der Waals surface area contributed by atoms with Gasteiger partial charge in [-0.25, -0.2) is 4.98 Å². The Morgan fingerprint density at radius 3 is 2.83 bits per heavy atom. The van der Waals surface area contributed by atoms with E-state index in [0.29, 0.717) is 13.1 Å². The van der Waals surface area contributed by atoms with Crippen molar-refractivity contribution in [3.05, 3.63) is 35.3 Å². The molecule has 0 radical (unpaired) electrons. The van der Waals surface area contributed by atoms with Gasteiger partial charge in [-0.1, -0.05) is 6.07 Å². The van der Waals surface area contributed by atoms with Crippen molar-refractivity contribution in [3.63, 3.8) is 0 Å². The predicted molar refractivity (Wildman–Crippen MR) is 97.1 cm³/mol. The smallest absolute Gasteiger partial charge is 0.241 e. The van der Waals surface area contributed by atoms with Gasteiger partial charge in [-0.05, 0) is 12.1 Å². The van der Waals surface area contributed by atoms with Crippen molar-refractivity contribution in [2.45, 2.75) is 6.54 Å². The molecule has 6 nitrogen and oxygen atoms in total. The summed E-state index contributed by atoms with van der Waals surface area (Å²) in [4.78, 5) is 24.1. The van der Waals surface area contributed by atoms with Crippen LogP contribution >= 0.6 is 11.3 Å². The second kappa shape index (κ2) is 7.19. The molecule has 1 aliphatic rings. The van der Waals surface area contributed by atoms with Gasteiger partial charge in [-0.2, -0.15) is 0 Å². The van der Waals surface area contributed by atoms with Crippen LogP contribution in [0.1, 0.15) is 4.88 Å². The monoisotopic (exact) mass is 346 g/mol. The number of thiazole rings is 1. The number of benzene rings is 1. The molecule has 0 aliphatic carbocycles. The van der Waals surface area contributed by atoms with Crippen molar-refractivity contribution in [1.82, 2.24) is 9.88 Å². The summed E-state index contributed by atoms with van der Waals surface area (Å²) >= 11 is 1.67. The van der Waals surface area contributed by atoms with E-state index in [2.05, 4.69) is 9.88 Å². The van der Waals surface area contributed by atoms with Gasteiger partial charge in [0.1, 0.15) is 5.75 Å². The molecule has 2 aromatic rings. The number of amides is 1. The van der Waals surface area contributed by atoms with Crippen LogP contribution in [0.5, 0.6) is 5.75 Å². The van der Waals surface area contributed by atoms with Crippen LogP contribution in [-0.2, 0) is 11.3 Å². The molecule has 1 amide bonds. The van der Waals surface area contributed by atoms with Crippen LogP contribution in [0.15, 0.2) is 30.5 Å². The maximum absolute atomic E-state index is 12.5. The van der Waals surface area contributed by atoms with Crippen LogP contribution in [0.2, 0.25) is 0 Å². The lowest BCUT2D eigenvalue weighted by Crippen LogP contribution is -2.50. The number of carbonyl (C=O) groups excluding carboxylic acids is 1. The van der Waals surface area contributed by atoms with E-state index in [4.69, 9.17) is 4.74 Å². The number of anilines is 2. The normalized spacial score (nSPS) is 15.6. The summed E-state index contributed by atoms with van der Waals surface area (Å²) in [6.07, 6.45) is 1.90. The highest BCUT2D eigenvalue weighted by Crippen LogP contribution is 2.25. The third kappa shape index (κ3) is 3.68. The standard InChI is InChI=1S/C17H22N4O2S/c1-19(2)17-18-10-15(24-17)11-20-7-8-21(16(22)12-20)13-5-4-6-14(9-13)23-3/h4-6,9-10H,7-8,11-12H2,1-3H3. The molecule has 3 rings (SSSR count). The van der Waals surface area contributed by atoms with Gasteiger partial charge in [-0.15, -0.1) is 11.3 Å². The molecule has 0 unspecified atom stereocenters. The Labute approximate surface area is 146 Å². The molecular weight excluding hydrogens is 324 g/mol. The van der Waals surface area contributed by atoms with E-state index in [1.54, 1.807) is 18.4 Å². The van der Waals surface area contributed by atoms with E-state index in [-0.39, 0.29) is 5.91 Å². The van der Waals surface area contributed by atoms with Gasteiger partial charge in [0, 0.05) is 56.6 Å². The minimum Gasteiger partial charge on any atom is -0.497 e. The minimum atomic E-state index is 0.117. The molecule has 1 saturated heterocycles. The zero-order valence-corrected chi connectivity index (χ0v) is 15.0. The lowest BCUT2D eigenvalue weighted by Gasteiger charge is -2.34. The first-order valence-electron chi connectivity index (χ1n) is 7.85. The van der Waals surface area contributed by atoms with Gasteiger partial charge in [0.05, 0.1) is 13.7 Å². The first-order valence-corrected chi connectivity index (χ1v) is 8.67. The van der Waals surface area contributed by atoms with Crippen molar-refractivity contribution < 1.29 is 9.53 Å². The van der Waals surface area contributed by atoms with E-state index >= 15 is 0 Å². The van der Waals surface area contributed by atoms with Crippen LogP contribution in [0.4, 0.5) is 10.8 Å². The SMILES string of the molecule is COc1cccc(N2CCN(Cc3cnc(N(C)C)s3)CC2=O)c1. The summed E-state index contributed by atoms with van der Waals surface area (Å²) in [5.41, 5.74) is 0.895. The molecule has 0 spiro atoms. The summed E-state index contributed by atoms with van der Waals surface area (Å²) < 4.78 is 5.24. The molecule has 0 bridgehead atoms. The molecular formula is C17H22N4O2S. The molecule has 0 atom stereocenters. The summed E-state index contributed by atoms with van der Waals surface area (Å²) in [6.45, 7) is 2.72. The second-order valence-corrected chi connectivity index (χ2v) is 7.05. The summed E-state index contributed by atoms with van der Waals surface area (Å²) in [5.74, 6) is 0.885. The number of nitrogens with zero attached hydrogens (tertiary/aromatic N) is 4. The van der Waals surface area contributed by atoms with Gasteiger partial charge in [0.15, 0.2) is 5.13 Å². The van der Waals surface area contributed by atoms with Crippen molar-refractivity contribution in [3.8, 4) is 5.75 Å². The van der Waals surface area contributed by atoms with Gasteiger partial charge in [0.2, 0.25) is 5.91 Å². The number of hydrogen-bond donors (Lipinski definition) is 0. The topological polar surface area (TPSA) is 48.9 Å². The van der Waals surface area contributed by atoms with E-state index in [1.165, 1.54) is 4.88 Å². The Kier molecular flexibility index (Phi) is 5.01. The fourth-order valence-electron chi connectivity index (χ4n) is 2.71. The maximum Gasteiger partial charge on any atom is 0.241 e. The van der Waals surface area contributed by atoms with E-state index in [1.807, 2.05) is 54.4 Å². The van der Waals surface area contributed by atoms with Gasteiger partial charge >= 0.3 is 0 Å². The lowest BCUT2D eigenvalue weighted by molar-refractivity contribution is -0.121. The van der Waals surface area contributed by atoms with Crippen molar-refractivity contribution in [2.75, 3.05) is 50.6 Å². The summed E-state index contributed by atoms with van der Waals surface area (Å²) in [5, 5.41) is 0.992. The number of ether oxygens (including phenoxy) is 1.